The highest BCUT2D eigenvalue weighted by molar-refractivity contribution is 5.95. The number of hydrogen-bond acceptors (Lipinski definition) is 3. The van der Waals surface area contributed by atoms with Gasteiger partial charge in [0.05, 0.1) is 0 Å². The molecule has 0 aliphatic heterocycles. The van der Waals surface area contributed by atoms with Gasteiger partial charge in [-0.25, -0.2) is 4.79 Å². The van der Waals surface area contributed by atoms with Crippen molar-refractivity contribution in [3.05, 3.63) is 12.2 Å². The van der Waals surface area contributed by atoms with E-state index in [-0.39, 0.29) is 5.57 Å². The van der Waals surface area contributed by atoms with Crippen LogP contribution in [0.2, 0.25) is 0 Å². The van der Waals surface area contributed by atoms with Crippen molar-refractivity contribution in [1.82, 2.24) is 0 Å². The molecule has 0 radical (unpaired) electrons. The molecule has 0 bridgehead atoms. The van der Waals surface area contributed by atoms with Crippen molar-refractivity contribution in [2.75, 3.05) is 0 Å². The van der Waals surface area contributed by atoms with Gasteiger partial charge < -0.3 is 4.74 Å². The number of hydrogen-bond donors (Lipinski definition) is 0. The second-order valence-electron chi connectivity index (χ2n) is 7.95. The molecule has 0 saturated carbocycles. The van der Waals surface area contributed by atoms with Gasteiger partial charge in [-0.1, -0.05) is 116 Å². The minimum absolute atomic E-state index is 0.269. The SMILES string of the molecule is C=C(C)C(=O)OC(=O)CCCCCCCCCCCCCCCCCCC. The van der Waals surface area contributed by atoms with Crippen LogP contribution in [-0.4, -0.2) is 11.9 Å². The van der Waals surface area contributed by atoms with Crippen LogP contribution in [0.4, 0.5) is 0 Å². The average molecular weight is 381 g/mol. The molecule has 0 spiro atoms. The molecule has 3 nitrogen and oxygen atoms in total. The van der Waals surface area contributed by atoms with E-state index in [1.54, 1.807) is 6.92 Å². The standard InChI is InChI=1S/C24H44O3/c1-4-5-6-7-8-9-10-11-12-13-14-15-16-17-18-19-20-21-23(25)27-24(26)22(2)3/h2,4-21H2,1,3H3. The van der Waals surface area contributed by atoms with E-state index in [0.717, 1.165) is 12.8 Å². The highest BCUT2D eigenvalue weighted by atomic mass is 16.6. The summed E-state index contributed by atoms with van der Waals surface area (Å²) in [6.45, 7) is 7.28. The molecule has 0 amide bonds. The third-order valence-corrected chi connectivity index (χ3v) is 5.04. The van der Waals surface area contributed by atoms with Gasteiger partial charge in [0.15, 0.2) is 0 Å². The zero-order valence-electron chi connectivity index (χ0n) is 18.2. The molecule has 0 aromatic carbocycles. The molecule has 0 saturated heterocycles. The van der Waals surface area contributed by atoms with Crippen molar-refractivity contribution < 1.29 is 14.3 Å². The van der Waals surface area contributed by atoms with Gasteiger partial charge in [-0.2, -0.15) is 0 Å². The first-order chi connectivity index (χ1) is 13.1. The lowest BCUT2D eigenvalue weighted by Crippen LogP contribution is -2.12. The summed E-state index contributed by atoms with van der Waals surface area (Å²) < 4.78 is 4.66. The van der Waals surface area contributed by atoms with Crippen LogP contribution in [0.15, 0.2) is 12.2 Å². The second-order valence-corrected chi connectivity index (χ2v) is 7.95. The van der Waals surface area contributed by atoms with Crippen LogP contribution in [0.25, 0.3) is 0 Å². The molecule has 158 valence electrons. The Labute approximate surface area is 168 Å². The van der Waals surface area contributed by atoms with Crippen molar-refractivity contribution in [2.45, 2.75) is 129 Å². The van der Waals surface area contributed by atoms with Gasteiger partial charge in [0.2, 0.25) is 0 Å². The first-order valence-corrected chi connectivity index (χ1v) is 11.5. The van der Waals surface area contributed by atoms with Crippen molar-refractivity contribution in [2.24, 2.45) is 0 Å². The Hall–Kier alpha value is -1.12. The lowest BCUT2D eigenvalue weighted by Gasteiger charge is -2.04. The first kappa shape index (κ1) is 25.9. The predicted octanol–water partition coefficient (Wildman–Crippen LogP) is 7.67. The van der Waals surface area contributed by atoms with Crippen LogP contribution in [0, 0.1) is 0 Å². The Morgan fingerprint density at radius 3 is 1.30 bits per heavy atom. The highest BCUT2D eigenvalue weighted by Crippen LogP contribution is 2.14. The molecule has 0 aromatic rings. The van der Waals surface area contributed by atoms with Gasteiger partial charge in [-0.3, -0.25) is 4.79 Å². The van der Waals surface area contributed by atoms with E-state index in [1.807, 2.05) is 0 Å². The third-order valence-electron chi connectivity index (χ3n) is 5.04. The van der Waals surface area contributed by atoms with Gasteiger partial charge >= 0.3 is 11.9 Å². The maximum atomic E-state index is 11.4. The van der Waals surface area contributed by atoms with E-state index in [4.69, 9.17) is 0 Å². The summed E-state index contributed by atoms with van der Waals surface area (Å²) in [5.41, 5.74) is 0.269. The molecular formula is C24H44O3. The third kappa shape index (κ3) is 19.4. The molecule has 0 aliphatic rings. The second kappa shape index (κ2) is 19.6. The summed E-state index contributed by atoms with van der Waals surface area (Å²) in [5, 5.41) is 0. The van der Waals surface area contributed by atoms with Crippen LogP contribution < -0.4 is 0 Å². The van der Waals surface area contributed by atoms with E-state index in [2.05, 4.69) is 18.2 Å². The monoisotopic (exact) mass is 380 g/mol. The Bertz CT molecular complexity index is 387. The van der Waals surface area contributed by atoms with Crippen LogP contribution in [-0.2, 0) is 14.3 Å². The van der Waals surface area contributed by atoms with E-state index in [9.17, 15) is 9.59 Å². The van der Waals surface area contributed by atoms with E-state index in [0.29, 0.717) is 6.42 Å². The minimum atomic E-state index is -0.605. The van der Waals surface area contributed by atoms with Crippen molar-refractivity contribution in [3.63, 3.8) is 0 Å². The number of ether oxygens (including phenoxy) is 1. The van der Waals surface area contributed by atoms with Crippen LogP contribution in [0.5, 0.6) is 0 Å². The summed E-state index contributed by atoms with van der Waals surface area (Å²) in [6.07, 6.45) is 22.7. The molecule has 0 rings (SSSR count). The van der Waals surface area contributed by atoms with Crippen LogP contribution in [0.1, 0.15) is 129 Å². The first-order valence-electron chi connectivity index (χ1n) is 11.5. The summed E-state index contributed by atoms with van der Waals surface area (Å²) >= 11 is 0. The van der Waals surface area contributed by atoms with Crippen molar-refractivity contribution >= 4 is 11.9 Å². The molecule has 0 heterocycles. The Morgan fingerprint density at radius 2 is 0.963 bits per heavy atom. The Morgan fingerprint density at radius 1 is 0.630 bits per heavy atom. The molecule has 27 heavy (non-hydrogen) atoms. The summed E-state index contributed by atoms with van der Waals surface area (Å²) in [6, 6.07) is 0. The summed E-state index contributed by atoms with van der Waals surface area (Å²) in [4.78, 5) is 22.6. The topological polar surface area (TPSA) is 43.4 Å². The van der Waals surface area contributed by atoms with Gasteiger partial charge in [-0.05, 0) is 13.3 Å². The largest absolute Gasteiger partial charge is 0.390 e. The molecule has 0 N–H and O–H groups in total. The number of rotatable bonds is 19. The predicted molar refractivity (Wildman–Crippen MR) is 115 cm³/mol. The van der Waals surface area contributed by atoms with Crippen LogP contribution in [0.3, 0.4) is 0 Å². The van der Waals surface area contributed by atoms with Gasteiger partial charge in [0.25, 0.3) is 0 Å². The Balaban J connectivity index is 3.18. The smallest absolute Gasteiger partial charge is 0.340 e. The number of carbonyl (C=O) groups is 2. The van der Waals surface area contributed by atoms with Crippen molar-refractivity contribution in [1.29, 1.82) is 0 Å². The summed E-state index contributed by atoms with van der Waals surface area (Å²) in [5.74, 6) is -1.03. The van der Waals surface area contributed by atoms with Gasteiger partial charge in [-0.15, -0.1) is 0 Å². The number of unbranched alkanes of at least 4 members (excludes halogenated alkanes) is 16. The lowest BCUT2D eigenvalue weighted by atomic mass is 10.0. The molecule has 3 heteroatoms. The molecular weight excluding hydrogens is 336 g/mol. The zero-order chi connectivity index (χ0) is 20.2. The fraction of sp³-hybridized carbons (Fsp3) is 0.833. The fourth-order valence-corrected chi connectivity index (χ4v) is 3.24. The van der Waals surface area contributed by atoms with E-state index >= 15 is 0 Å². The molecule has 0 aliphatic carbocycles. The lowest BCUT2D eigenvalue weighted by molar-refractivity contribution is -0.156. The zero-order valence-corrected chi connectivity index (χ0v) is 18.2. The highest BCUT2D eigenvalue weighted by Gasteiger charge is 2.10. The fourth-order valence-electron chi connectivity index (χ4n) is 3.24. The molecule has 0 atom stereocenters. The Kier molecular flexibility index (Phi) is 18.8. The van der Waals surface area contributed by atoms with Gasteiger partial charge in [0, 0.05) is 12.0 Å². The molecule has 0 aromatic heterocycles. The maximum Gasteiger partial charge on any atom is 0.340 e. The quantitative estimate of drug-likeness (QED) is 0.0999. The number of carbonyl (C=O) groups excluding carboxylic acids is 2. The summed E-state index contributed by atoms with van der Waals surface area (Å²) in [7, 11) is 0. The number of esters is 2. The van der Waals surface area contributed by atoms with Gasteiger partial charge in [0.1, 0.15) is 0 Å². The molecule has 0 fully saturated rings. The van der Waals surface area contributed by atoms with E-state index in [1.165, 1.54) is 96.3 Å². The minimum Gasteiger partial charge on any atom is -0.390 e. The average Bonchev–Trinajstić information content (AvgIpc) is 2.64. The van der Waals surface area contributed by atoms with Crippen LogP contribution >= 0.6 is 0 Å². The van der Waals surface area contributed by atoms with Crippen molar-refractivity contribution in [3.8, 4) is 0 Å². The maximum absolute atomic E-state index is 11.4. The molecule has 0 unspecified atom stereocenters. The normalized spacial score (nSPS) is 10.7. The van der Waals surface area contributed by atoms with E-state index < -0.39 is 11.9 Å².